The first-order valence-electron chi connectivity index (χ1n) is 5.62. The molecule has 0 saturated heterocycles. The second kappa shape index (κ2) is 5.94. The fraction of sp³-hybridized carbons (Fsp3) is 0.273. The summed E-state index contributed by atoms with van der Waals surface area (Å²) in [5.74, 6) is 0.151. The van der Waals surface area contributed by atoms with E-state index in [-0.39, 0.29) is 17.6 Å². The summed E-state index contributed by atoms with van der Waals surface area (Å²) in [5, 5.41) is 19.2. The van der Waals surface area contributed by atoms with Gasteiger partial charge in [0.25, 0.3) is 0 Å². The van der Waals surface area contributed by atoms with E-state index in [4.69, 9.17) is 11.0 Å². The highest BCUT2D eigenvalue weighted by molar-refractivity contribution is 7.99. The van der Waals surface area contributed by atoms with E-state index in [1.54, 1.807) is 0 Å². The maximum atomic E-state index is 11.8. The molecule has 2 heterocycles. The average molecular weight is 308 g/mol. The quantitative estimate of drug-likeness (QED) is 0.739. The predicted molar refractivity (Wildman–Crippen MR) is 78.7 cm³/mol. The minimum atomic E-state index is -0.212. The van der Waals surface area contributed by atoms with Gasteiger partial charge in [-0.2, -0.15) is 10.2 Å². The lowest BCUT2D eigenvalue weighted by Gasteiger charge is -2.01. The van der Waals surface area contributed by atoms with Gasteiger partial charge in [0.05, 0.1) is 11.3 Å². The molecule has 0 radical (unpaired) electrons. The first-order valence-corrected chi connectivity index (χ1v) is 7.42. The SMILES string of the molecule is Cc1sc(NC(=O)CSc2n[nH]c(N)n2)c(C#N)c1C. The van der Waals surface area contributed by atoms with Crippen LogP contribution in [0.3, 0.4) is 0 Å². The minimum absolute atomic E-state index is 0.151. The lowest BCUT2D eigenvalue weighted by molar-refractivity contribution is -0.113. The molecule has 0 aliphatic heterocycles. The zero-order chi connectivity index (χ0) is 14.7. The lowest BCUT2D eigenvalue weighted by atomic mass is 10.2. The van der Waals surface area contributed by atoms with Crippen molar-refractivity contribution in [2.45, 2.75) is 19.0 Å². The molecule has 0 aliphatic rings. The van der Waals surface area contributed by atoms with Gasteiger partial charge in [-0.1, -0.05) is 11.8 Å². The van der Waals surface area contributed by atoms with E-state index >= 15 is 0 Å². The smallest absolute Gasteiger partial charge is 0.235 e. The fourth-order valence-corrected chi connectivity index (χ4v) is 3.10. The van der Waals surface area contributed by atoms with Gasteiger partial charge in [-0.15, -0.1) is 16.4 Å². The van der Waals surface area contributed by atoms with Crippen molar-refractivity contribution < 1.29 is 4.79 Å². The summed E-state index contributed by atoms with van der Waals surface area (Å²) in [6.45, 7) is 3.78. The number of aryl methyl sites for hydroxylation is 1. The molecule has 0 aromatic carbocycles. The van der Waals surface area contributed by atoms with Crippen molar-refractivity contribution in [3.05, 3.63) is 16.0 Å². The minimum Gasteiger partial charge on any atom is -0.368 e. The molecule has 0 unspecified atom stereocenters. The first kappa shape index (κ1) is 14.4. The number of thiophene rings is 1. The number of nitrogens with one attached hydrogen (secondary N) is 2. The molecule has 2 aromatic heterocycles. The van der Waals surface area contributed by atoms with Gasteiger partial charge in [-0.05, 0) is 19.4 Å². The number of nitrogen functional groups attached to an aromatic ring is 1. The molecule has 0 fully saturated rings. The second-order valence-corrected chi connectivity index (χ2v) is 6.11. The number of nitrogens with zero attached hydrogens (tertiary/aromatic N) is 3. The zero-order valence-electron chi connectivity index (χ0n) is 10.9. The predicted octanol–water partition coefficient (Wildman–Crippen LogP) is 1.67. The Labute approximate surface area is 123 Å². The van der Waals surface area contributed by atoms with E-state index in [0.717, 1.165) is 10.4 Å². The molecule has 0 aliphatic carbocycles. The summed E-state index contributed by atoms with van der Waals surface area (Å²) in [5.41, 5.74) is 6.81. The molecule has 104 valence electrons. The fourth-order valence-electron chi connectivity index (χ4n) is 1.47. The van der Waals surface area contributed by atoms with Crippen molar-refractivity contribution in [1.82, 2.24) is 15.2 Å². The number of rotatable bonds is 4. The monoisotopic (exact) mass is 308 g/mol. The summed E-state index contributed by atoms with van der Waals surface area (Å²) in [6.07, 6.45) is 0. The number of hydrogen-bond acceptors (Lipinski definition) is 7. The van der Waals surface area contributed by atoms with Gasteiger partial charge >= 0.3 is 0 Å². The number of aromatic nitrogens is 3. The Hall–Kier alpha value is -2.05. The third kappa shape index (κ3) is 3.09. The number of nitriles is 1. The van der Waals surface area contributed by atoms with E-state index in [2.05, 4.69) is 26.6 Å². The lowest BCUT2D eigenvalue weighted by Crippen LogP contribution is -2.14. The Morgan fingerprint density at radius 1 is 1.60 bits per heavy atom. The van der Waals surface area contributed by atoms with Gasteiger partial charge in [0.2, 0.25) is 17.0 Å². The normalized spacial score (nSPS) is 10.2. The molecule has 4 N–H and O–H groups in total. The number of thioether (sulfide) groups is 1. The van der Waals surface area contributed by atoms with Crippen LogP contribution in [-0.2, 0) is 4.79 Å². The molecule has 2 rings (SSSR count). The molecule has 0 saturated carbocycles. The van der Waals surface area contributed by atoms with E-state index in [1.165, 1.54) is 23.1 Å². The first-order chi connectivity index (χ1) is 9.51. The van der Waals surface area contributed by atoms with Crippen LogP contribution in [0.5, 0.6) is 0 Å². The molecule has 0 atom stereocenters. The van der Waals surface area contributed by atoms with Gasteiger partial charge in [0, 0.05) is 4.88 Å². The topological polar surface area (TPSA) is 120 Å². The molecule has 0 spiro atoms. The number of amides is 1. The van der Waals surface area contributed by atoms with Gasteiger partial charge in [0.1, 0.15) is 11.1 Å². The van der Waals surface area contributed by atoms with Crippen LogP contribution in [0.1, 0.15) is 16.0 Å². The van der Waals surface area contributed by atoms with Crippen molar-refractivity contribution in [3.8, 4) is 6.07 Å². The zero-order valence-corrected chi connectivity index (χ0v) is 12.5. The summed E-state index contributed by atoms with van der Waals surface area (Å²) >= 11 is 2.57. The van der Waals surface area contributed by atoms with Crippen LogP contribution in [-0.4, -0.2) is 26.8 Å². The number of nitrogens with two attached hydrogens (primary N) is 1. The van der Waals surface area contributed by atoms with Crippen LogP contribution >= 0.6 is 23.1 Å². The summed E-state index contributed by atoms with van der Waals surface area (Å²) < 4.78 is 0. The summed E-state index contributed by atoms with van der Waals surface area (Å²) in [4.78, 5) is 16.8. The van der Waals surface area contributed by atoms with Crippen LogP contribution in [0.25, 0.3) is 0 Å². The Bertz CT molecular complexity index is 684. The van der Waals surface area contributed by atoms with Crippen molar-refractivity contribution >= 4 is 40.0 Å². The Morgan fingerprint density at radius 2 is 2.35 bits per heavy atom. The number of carbonyl (C=O) groups is 1. The van der Waals surface area contributed by atoms with Gasteiger partial charge in [-0.25, -0.2) is 5.10 Å². The Kier molecular flexibility index (Phi) is 4.26. The number of H-pyrrole nitrogens is 1. The summed E-state index contributed by atoms with van der Waals surface area (Å²) in [6, 6.07) is 2.11. The van der Waals surface area contributed by atoms with Gasteiger partial charge in [-0.3, -0.25) is 4.79 Å². The van der Waals surface area contributed by atoms with E-state index < -0.39 is 0 Å². The van der Waals surface area contributed by atoms with Crippen LogP contribution < -0.4 is 11.1 Å². The number of anilines is 2. The molecule has 20 heavy (non-hydrogen) atoms. The van der Waals surface area contributed by atoms with Gasteiger partial charge < -0.3 is 11.1 Å². The van der Waals surface area contributed by atoms with Crippen molar-refractivity contribution in [2.24, 2.45) is 0 Å². The molecule has 0 bridgehead atoms. The Morgan fingerprint density at radius 3 is 2.95 bits per heavy atom. The molecule has 2 aromatic rings. The van der Waals surface area contributed by atoms with Gasteiger partial charge in [0.15, 0.2) is 0 Å². The van der Waals surface area contributed by atoms with Crippen molar-refractivity contribution in [1.29, 1.82) is 5.26 Å². The molecular formula is C11H12N6OS2. The maximum absolute atomic E-state index is 11.8. The molecule has 1 amide bonds. The highest BCUT2D eigenvalue weighted by Crippen LogP contribution is 2.31. The number of aromatic amines is 1. The number of carbonyl (C=O) groups excluding carboxylic acids is 1. The maximum Gasteiger partial charge on any atom is 0.235 e. The van der Waals surface area contributed by atoms with Crippen LogP contribution in [0.2, 0.25) is 0 Å². The van der Waals surface area contributed by atoms with E-state index in [1.807, 2.05) is 13.8 Å². The molecule has 9 heteroatoms. The average Bonchev–Trinajstić information content (AvgIpc) is 2.92. The standard InChI is InChI=1S/C11H12N6OS2/c1-5-6(2)20-9(7(5)3-12)14-8(18)4-19-11-15-10(13)16-17-11/h4H2,1-2H3,(H,14,18)(H3,13,15,16,17). The Balaban J connectivity index is 1.98. The second-order valence-electron chi connectivity index (χ2n) is 3.94. The van der Waals surface area contributed by atoms with Crippen LogP contribution in [0.15, 0.2) is 5.16 Å². The van der Waals surface area contributed by atoms with E-state index in [0.29, 0.717) is 15.7 Å². The third-order valence-corrected chi connectivity index (χ3v) is 4.53. The van der Waals surface area contributed by atoms with Crippen LogP contribution in [0.4, 0.5) is 10.9 Å². The van der Waals surface area contributed by atoms with Crippen molar-refractivity contribution in [2.75, 3.05) is 16.8 Å². The van der Waals surface area contributed by atoms with E-state index in [9.17, 15) is 4.79 Å². The molecular weight excluding hydrogens is 296 g/mol. The van der Waals surface area contributed by atoms with Crippen LogP contribution in [0, 0.1) is 25.2 Å². The highest BCUT2D eigenvalue weighted by Gasteiger charge is 2.15. The largest absolute Gasteiger partial charge is 0.368 e. The third-order valence-electron chi connectivity index (χ3n) is 2.56. The summed E-state index contributed by atoms with van der Waals surface area (Å²) in [7, 11) is 0. The highest BCUT2D eigenvalue weighted by atomic mass is 32.2. The number of hydrogen-bond donors (Lipinski definition) is 3. The molecule has 7 nitrogen and oxygen atoms in total. The van der Waals surface area contributed by atoms with Crippen molar-refractivity contribution in [3.63, 3.8) is 0 Å².